The Kier molecular flexibility index (Phi) is 1.89. The lowest BCUT2D eigenvalue weighted by Crippen LogP contribution is -2.10. The Labute approximate surface area is 72.6 Å². The molecule has 1 heterocycles. The number of imidazole rings is 1. The zero-order chi connectivity index (χ0) is 8.55. The first-order valence-electron chi connectivity index (χ1n) is 4.55. The van der Waals surface area contributed by atoms with Crippen LogP contribution >= 0.6 is 0 Å². The van der Waals surface area contributed by atoms with E-state index in [1.165, 1.54) is 18.5 Å². The van der Waals surface area contributed by atoms with Crippen molar-refractivity contribution in [3.63, 3.8) is 0 Å². The van der Waals surface area contributed by atoms with E-state index in [4.69, 9.17) is 5.73 Å². The molecule has 2 N–H and O–H groups in total. The van der Waals surface area contributed by atoms with Crippen LogP contribution in [-0.4, -0.2) is 16.1 Å². The molecule has 0 unspecified atom stereocenters. The van der Waals surface area contributed by atoms with Crippen molar-refractivity contribution < 1.29 is 0 Å². The molecule has 0 aliphatic heterocycles. The predicted octanol–water partition coefficient (Wildman–Crippen LogP) is 1.03. The normalized spacial score (nSPS) is 16.8. The number of hydrogen-bond acceptors (Lipinski definition) is 2. The van der Waals surface area contributed by atoms with E-state index >= 15 is 0 Å². The van der Waals surface area contributed by atoms with Crippen LogP contribution in [0.5, 0.6) is 0 Å². The highest BCUT2D eigenvalue weighted by Gasteiger charge is 2.26. The molecule has 0 bridgehead atoms. The number of aromatic nitrogens is 2. The number of aryl methyl sites for hydroxylation is 1. The fraction of sp³-hybridized carbons (Fsp3) is 0.667. The largest absolute Gasteiger partial charge is 0.330 e. The van der Waals surface area contributed by atoms with Crippen molar-refractivity contribution in [3.05, 3.63) is 17.7 Å². The molecule has 66 valence electrons. The van der Waals surface area contributed by atoms with Crippen LogP contribution in [0.15, 0.2) is 6.20 Å². The summed E-state index contributed by atoms with van der Waals surface area (Å²) in [5.41, 5.74) is 6.78. The van der Waals surface area contributed by atoms with Crippen LogP contribution < -0.4 is 5.73 Å². The Morgan fingerprint density at radius 2 is 2.42 bits per heavy atom. The van der Waals surface area contributed by atoms with Crippen molar-refractivity contribution in [2.24, 2.45) is 5.73 Å². The van der Waals surface area contributed by atoms with Crippen LogP contribution in [0, 0.1) is 6.92 Å². The summed E-state index contributed by atoms with van der Waals surface area (Å²) in [6, 6.07) is 0.731. The van der Waals surface area contributed by atoms with Crippen LogP contribution in [0.2, 0.25) is 0 Å². The summed E-state index contributed by atoms with van der Waals surface area (Å²) in [5, 5.41) is 0. The monoisotopic (exact) mass is 165 g/mol. The summed E-state index contributed by atoms with van der Waals surface area (Å²) < 4.78 is 2.34. The third-order valence-electron chi connectivity index (χ3n) is 2.34. The molecule has 1 aromatic heterocycles. The second-order valence-corrected chi connectivity index (χ2v) is 3.46. The van der Waals surface area contributed by atoms with E-state index in [2.05, 4.69) is 16.5 Å². The van der Waals surface area contributed by atoms with Gasteiger partial charge in [-0.05, 0) is 26.3 Å². The van der Waals surface area contributed by atoms with E-state index in [0.717, 1.165) is 18.3 Å². The predicted molar refractivity (Wildman–Crippen MR) is 48.0 cm³/mol. The van der Waals surface area contributed by atoms with Gasteiger partial charge in [0.25, 0.3) is 0 Å². The van der Waals surface area contributed by atoms with E-state index < -0.39 is 0 Å². The highest BCUT2D eigenvalue weighted by Crippen LogP contribution is 2.36. The first-order chi connectivity index (χ1) is 5.83. The number of nitrogens with zero attached hydrogens (tertiary/aromatic N) is 2. The zero-order valence-corrected chi connectivity index (χ0v) is 7.45. The van der Waals surface area contributed by atoms with Crippen LogP contribution in [-0.2, 0) is 6.42 Å². The van der Waals surface area contributed by atoms with Gasteiger partial charge in [0, 0.05) is 24.4 Å². The van der Waals surface area contributed by atoms with Crippen LogP contribution in [0.3, 0.4) is 0 Å². The smallest absolute Gasteiger partial charge is 0.110 e. The molecule has 0 radical (unpaired) electrons. The topological polar surface area (TPSA) is 43.8 Å². The Morgan fingerprint density at radius 1 is 1.67 bits per heavy atom. The Bertz CT molecular complexity index is 273. The van der Waals surface area contributed by atoms with Crippen molar-refractivity contribution in [1.29, 1.82) is 0 Å². The summed E-state index contributed by atoms with van der Waals surface area (Å²) in [4.78, 5) is 4.35. The lowest BCUT2D eigenvalue weighted by atomic mass is 10.4. The lowest BCUT2D eigenvalue weighted by Gasteiger charge is -2.06. The molecule has 1 saturated carbocycles. The molecule has 2 rings (SSSR count). The van der Waals surface area contributed by atoms with Crippen molar-refractivity contribution in [1.82, 2.24) is 9.55 Å². The minimum absolute atomic E-state index is 0.698. The molecule has 12 heavy (non-hydrogen) atoms. The van der Waals surface area contributed by atoms with Gasteiger partial charge in [-0.3, -0.25) is 0 Å². The van der Waals surface area contributed by atoms with Crippen LogP contribution in [0.4, 0.5) is 0 Å². The minimum atomic E-state index is 0.698. The fourth-order valence-corrected chi connectivity index (χ4v) is 1.64. The van der Waals surface area contributed by atoms with Crippen molar-refractivity contribution in [2.75, 3.05) is 6.54 Å². The molecule has 1 aliphatic carbocycles. The first-order valence-corrected chi connectivity index (χ1v) is 4.55. The van der Waals surface area contributed by atoms with Crippen LogP contribution in [0.25, 0.3) is 0 Å². The SMILES string of the molecule is Cc1cnc(CCN)n1C1CC1. The third-order valence-corrected chi connectivity index (χ3v) is 2.34. The zero-order valence-electron chi connectivity index (χ0n) is 7.45. The van der Waals surface area contributed by atoms with E-state index in [9.17, 15) is 0 Å². The van der Waals surface area contributed by atoms with Gasteiger partial charge in [-0.1, -0.05) is 0 Å². The number of nitrogens with two attached hydrogens (primary N) is 1. The maximum Gasteiger partial charge on any atom is 0.110 e. The molecule has 3 nitrogen and oxygen atoms in total. The fourth-order valence-electron chi connectivity index (χ4n) is 1.64. The van der Waals surface area contributed by atoms with Crippen molar-refractivity contribution >= 4 is 0 Å². The van der Waals surface area contributed by atoms with Gasteiger partial charge in [0.15, 0.2) is 0 Å². The van der Waals surface area contributed by atoms with Gasteiger partial charge in [0.2, 0.25) is 0 Å². The Balaban J connectivity index is 2.27. The van der Waals surface area contributed by atoms with Gasteiger partial charge in [-0.15, -0.1) is 0 Å². The highest BCUT2D eigenvalue weighted by molar-refractivity contribution is 5.08. The molecule has 0 atom stereocenters. The van der Waals surface area contributed by atoms with Crippen molar-refractivity contribution in [3.8, 4) is 0 Å². The first kappa shape index (κ1) is 7.80. The van der Waals surface area contributed by atoms with Gasteiger partial charge < -0.3 is 10.3 Å². The number of rotatable bonds is 3. The standard InChI is InChI=1S/C9H15N3/c1-7-6-11-9(4-5-10)12(7)8-2-3-8/h6,8H,2-5,10H2,1H3. The maximum absolute atomic E-state index is 5.51. The quantitative estimate of drug-likeness (QED) is 0.727. The Hall–Kier alpha value is -0.830. The molecule has 1 fully saturated rings. The molecule has 0 aromatic carbocycles. The van der Waals surface area contributed by atoms with Gasteiger partial charge >= 0.3 is 0 Å². The molecular weight excluding hydrogens is 150 g/mol. The summed E-state index contributed by atoms with van der Waals surface area (Å²) >= 11 is 0. The molecule has 0 saturated heterocycles. The molecule has 1 aliphatic rings. The van der Waals surface area contributed by atoms with Gasteiger partial charge in [-0.25, -0.2) is 4.98 Å². The average molecular weight is 165 g/mol. The molecule has 1 aromatic rings. The molecular formula is C9H15N3. The van der Waals surface area contributed by atoms with Gasteiger partial charge in [-0.2, -0.15) is 0 Å². The molecule has 0 amide bonds. The summed E-state index contributed by atoms with van der Waals surface area (Å²) in [6.45, 7) is 2.81. The molecule has 0 spiro atoms. The maximum atomic E-state index is 5.51. The number of hydrogen-bond donors (Lipinski definition) is 1. The summed E-state index contributed by atoms with van der Waals surface area (Å²) in [5.74, 6) is 1.16. The minimum Gasteiger partial charge on any atom is -0.330 e. The lowest BCUT2D eigenvalue weighted by molar-refractivity contribution is 0.660. The summed E-state index contributed by atoms with van der Waals surface area (Å²) in [6.07, 6.45) is 5.48. The molecule has 3 heteroatoms. The third kappa shape index (κ3) is 1.25. The van der Waals surface area contributed by atoms with Gasteiger partial charge in [0.05, 0.1) is 0 Å². The second-order valence-electron chi connectivity index (χ2n) is 3.46. The Morgan fingerprint density at radius 3 is 3.00 bits per heavy atom. The second kappa shape index (κ2) is 2.90. The van der Waals surface area contributed by atoms with E-state index in [1.54, 1.807) is 0 Å². The van der Waals surface area contributed by atoms with E-state index in [0.29, 0.717) is 6.54 Å². The van der Waals surface area contributed by atoms with Crippen molar-refractivity contribution in [2.45, 2.75) is 32.2 Å². The van der Waals surface area contributed by atoms with E-state index in [1.807, 2.05) is 6.20 Å². The van der Waals surface area contributed by atoms with Crippen LogP contribution in [0.1, 0.15) is 30.4 Å². The van der Waals surface area contributed by atoms with E-state index in [-0.39, 0.29) is 0 Å². The van der Waals surface area contributed by atoms with Gasteiger partial charge in [0.1, 0.15) is 5.82 Å². The average Bonchev–Trinajstić information content (AvgIpc) is 2.80. The highest BCUT2D eigenvalue weighted by atomic mass is 15.1. The summed E-state index contributed by atoms with van der Waals surface area (Å²) in [7, 11) is 0.